The van der Waals surface area contributed by atoms with E-state index in [0.29, 0.717) is 5.89 Å². The summed E-state index contributed by atoms with van der Waals surface area (Å²) in [5, 5.41) is 0. The van der Waals surface area contributed by atoms with Gasteiger partial charge in [-0.25, -0.2) is 4.98 Å². The lowest BCUT2D eigenvalue weighted by molar-refractivity contribution is 0.0749. The first kappa shape index (κ1) is 19.1. The lowest BCUT2D eigenvalue weighted by Crippen LogP contribution is -2.42. The number of carbonyl (C=O) groups excluding carboxylic acids is 1. The van der Waals surface area contributed by atoms with Crippen molar-refractivity contribution in [3.63, 3.8) is 0 Å². The molecule has 1 aromatic heterocycles. The Hall–Kier alpha value is -2.92. The van der Waals surface area contributed by atoms with Crippen molar-refractivity contribution in [2.45, 2.75) is 31.7 Å². The van der Waals surface area contributed by atoms with E-state index in [-0.39, 0.29) is 5.91 Å². The van der Waals surface area contributed by atoms with E-state index in [0.717, 1.165) is 60.9 Å². The van der Waals surface area contributed by atoms with Crippen molar-refractivity contribution in [3.8, 4) is 22.6 Å². The third-order valence-corrected chi connectivity index (χ3v) is 6.44. The van der Waals surface area contributed by atoms with E-state index in [1.165, 1.54) is 19.3 Å². The van der Waals surface area contributed by atoms with Crippen LogP contribution in [0.5, 0.6) is 0 Å². The molecular weight excluding hydrogens is 374 g/mol. The molecular formula is C25H27N3O2. The number of rotatable bonds is 4. The topological polar surface area (TPSA) is 49.6 Å². The van der Waals surface area contributed by atoms with Gasteiger partial charge >= 0.3 is 0 Å². The van der Waals surface area contributed by atoms with Crippen molar-refractivity contribution < 1.29 is 9.21 Å². The van der Waals surface area contributed by atoms with Crippen LogP contribution in [0, 0.1) is 0 Å². The zero-order valence-electron chi connectivity index (χ0n) is 17.2. The highest BCUT2D eigenvalue weighted by atomic mass is 16.3. The summed E-state index contributed by atoms with van der Waals surface area (Å²) in [4.78, 5) is 21.8. The Kier molecular flexibility index (Phi) is 5.37. The molecule has 1 aliphatic heterocycles. The van der Waals surface area contributed by atoms with Crippen LogP contribution < -0.4 is 0 Å². The van der Waals surface area contributed by atoms with Gasteiger partial charge in [-0.05, 0) is 54.7 Å². The van der Waals surface area contributed by atoms with Gasteiger partial charge in [0, 0.05) is 43.3 Å². The fourth-order valence-corrected chi connectivity index (χ4v) is 4.42. The molecule has 1 amide bonds. The average Bonchev–Trinajstić information content (AvgIpc) is 3.19. The van der Waals surface area contributed by atoms with Gasteiger partial charge in [0.1, 0.15) is 6.26 Å². The number of oxazole rings is 1. The number of carbonyl (C=O) groups is 1. The molecule has 2 fully saturated rings. The van der Waals surface area contributed by atoms with E-state index < -0.39 is 0 Å². The first-order chi connectivity index (χ1) is 14.8. The van der Waals surface area contributed by atoms with Crippen LogP contribution in [0.25, 0.3) is 22.6 Å². The summed E-state index contributed by atoms with van der Waals surface area (Å²) < 4.78 is 5.35. The summed E-state index contributed by atoms with van der Waals surface area (Å²) in [5.74, 6) is 0.770. The first-order valence-electron chi connectivity index (χ1n) is 10.9. The van der Waals surface area contributed by atoms with Gasteiger partial charge in [0.05, 0.1) is 6.20 Å². The van der Waals surface area contributed by atoms with Crippen LogP contribution in [0.15, 0.2) is 65.4 Å². The normalized spacial score (nSPS) is 18.1. The summed E-state index contributed by atoms with van der Waals surface area (Å²) in [6.07, 6.45) is 8.31. The highest BCUT2D eigenvalue weighted by Crippen LogP contribution is 2.27. The monoisotopic (exact) mass is 401 g/mol. The Morgan fingerprint density at radius 1 is 0.833 bits per heavy atom. The Balaban J connectivity index is 1.24. The first-order valence-corrected chi connectivity index (χ1v) is 10.9. The van der Waals surface area contributed by atoms with Crippen molar-refractivity contribution in [1.29, 1.82) is 0 Å². The van der Waals surface area contributed by atoms with E-state index in [2.05, 4.69) is 22.0 Å². The van der Waals surface area contributed by atoms with Crippen molar-refractivity contribution in [2.75, 3.05) is 26.2 Å². The molecule has 1 saturated carbocycles. The summed E-state index contributed by atoms with van der Waals surface area (Å²) in [6, 6.07) is 16.9. The van der Waals surface area contributed by atoms with E-state index in [9.17, 15) is 4.79 Å². The zero-order valence-corrected chi connectivity index (χ0v) is 17.2. The van der Waals surface area contributed by atoms with E-state index in [1.54, 1.807) is 12.5 Å². The lowest BCUT2D eigenvalue weighted by Gasteiger charge is -2.36. The van der Waals surface area contributed by atoms with Crippen LogP contribution in [0.4, 0.5) is 0 Å². The van der Waals surface area contributed by atoms with Gasteiger partial charge < -0.3 is 9.32 Å². The number of nitrogens with zero attached hydrogens (tertiary/aromatic N) is 3. The average molecular weight is 402 g/mol. The minimum atomic E-state index is 0.149. The zero-order chi connectivity index (χ0) is 20.3. The van der Waals surface area contributed by atoms with Crippen molar-refractivity contribution in [3.05, 3.63) is 66.6 Å². The van der Waals surface area contributed by atoms with Gasteiger partial charge in [-0.1, -0.05) is 30.7 Å². The maximum absolute atomic E-state index is 13.0. The van der Waals surface area contributed by atoms with E-state index in [1.807, 2.05) is 41.3 Å². The predicted molar refractivity (Wildman–Crippen MR) is 117 cm³/mol. The Bertz CT molecular complexity index is 976. The fraction of sp³-hybridized carbons (Fsp3) is 0.360. The highest BCUT2D eigenvalue weighted by molar-refractivity contribution is 5.94. The molecule has 0 radical (unpaired) electrons. The molecule has 2 heterocycles. The number of aromatic nitrogens is 1. The largest absolute Gasteiger partial charge is 0.445 e. The Morgan fingerprint density at radius 2 is 1.53 bits per heavy atom. The second-order valence-electron chi connectivity index (χ2n) is 8.26. The van der Waals surface area contributed by atoms with Gasteiger partial charge in [0.25, 0.3) is 5.91 Å². The molecule has 0 atom stereocenters. The predicted octanol–water partition coefficient (Wildman–Crippen LogP) is 4.71. The minimum Gasteiger partial charge on any atom is -0.445 e. The molecule has 2 aromatic carbocycles. The molecule has 0 unspecified atom stereocenters. The summed E-state index contributed by atoms with van der Waals surface area (Å²) in [6.45, 7) is 3.81. The molecule has 5 nitrogen and oxygen atoms in total. The van der Waals surface area contributed by atoms with Crippen molar-refractivity contribution in [1.82, 2.24) is 14.8 Å². The molecule has 30 heavy (non-hydrogen) atoms. The standard InChI is InChI=1S/C25H27N3O2/c29-25(28-15-2-14-27(16-17-28)23-3-1-4-23)22-11-7-20(8-12-22)19-5-9-21(10-6-19)24-26-13-18-30-24/h5-13,18,23H,1-4,14-17H2. The Morgan fingerprint density at radius 3 is 2.17 bits per heavy atom. The molecule has 1 aliphatic carbocycles. The summed E-state index contributed by atoms with van der Waals surface area (Å²) >= 11 is 0. The number of amides is 1. The smallest absolute Gasteiger partial charge is 0.253 e. The maximum atomic E-state index is 13.0. The third kappa shape index (κ3) is 3.90. The van der Waals surface area contributed by atoms with Gasteiger partial charge in [0.2, 0.25) is 5.89 Å². The fourth-order valence-electron chi connectivity index (χ4n) is 4.42. The third-order valence-electron chi connectivity index (χ3n) is 6.44. The lowest BCUT2D eigenvalue weighted by atomic mass is 9.91. The summed E-state index contributed by atoms with van der Waals surface area (Å²) in [5.41, 5.74) is 3.92. The van der Waals surface area contributed by atoms with Crippen LogP contribution in [0.2, 0.25) is 0 Å². The molecule has 5 heteroatoms. The number of hydrogen-bond donors (Lipinski definition) is 0. The molecule has 0 spiro atoms. The van der Waals surface area contributed by atoms with Crippen LogP contribution >= 0.6 is 0 Å². The minimum absolute atomic E-state index is 0.149. The molecule has 0 N–H and O–H groups in total. The molecule has 1 saturated heterocycles. The molecule has 0 bridgehead atoms. The number of benzene rings is 2. The van der Waals surface area contributed by atoms with E-state index in [4.69, 9.17) is 4.42 Å². The van der Waals surface area contributed by atoms with Crippen LogP contribution in [0.1, 0.15) is 36.0 Å². The molecule has 3 aromatic rings. The highest BCUT2D eigenvalue weighted by Gasteiger charge is 2.28. The van der Waals surface area contributed by atoms with Crippen molar-refractivity contribution >= 4 is 5.91 Å². The van der Waals surface area contributed by atoms with Crippen molar-refractivity contribution in [2.24, 2.45) is 0 Å². The van der Waals surface area contributed by atoms with Gasteiger partial charge in [-0.15, -0.1) is 0 Å². The second kappa shape index (κ2) is 8.44. The van der Waals surface area contributed by atoms with Crippen LogP contribution in [-0.4, -0.2) is 52.9 Å². The second-order valence-corrected chi connectivity index (χ2v) is 8.26. The summed E-state index contributed by atoms with van der Waals surface area (Å²) in [7, 11) is 0. The molecule has 154 valence electrons. The van der Waals surface area contributed by atoms with Gasteiger partial charge in [0.15, 0.2) is 0 Å². The van der Waals surface area contributed by atoms with Crippen LogP contribution in [0.3, 0.4) is 0 Å². The Labute approximate surface area is 177 Å². The molecule has 2 aliphatic rings. The maximum Gasteiger partial charge on any atom is 0.253 e. The quantitative estimate of drug-likeness (QED) is 0.635. The van der Waals surface area contributed by atoms with Crippen LogP contribution in [-0.2, 0) is 0 Å². The SMILES string of the molecule is O=C(c1ccc(-c2ccc(-c3ncco3)cc2)cc1)N1CCCN(C2CCC2)CC1. The van der Waals surface area contributed by atoms with Gasteiger partial charge in [-0.3, -0.25) is 9.69 Å². The van der Waals surface area contributed by atoms with E-state index >= 15 is 0 Å². The molecule has 5 rings (SSSR count). The van der Waals surface area contributed by atoms with Gasteiger partial charge in [-0.2, -0.15) is 0 Å². The number of hydrogen-bond acceptors (Lipinski definition) is 4.